The maximum Gasteiger partial charge on any atom is 0.117 e. The second kappa shape index (κ2) is 3.88. The molecule has 0 unspecified atom stereocenters. The van der Waals surface area contributed by atoms with E-state index < -0.39 is 6.98 Å². The summed E-state index contributed by atoms with van der Waals surface area (Å²) in [5.74, 6) is 1.02. The molecule has 1 aromatic carbocycles. The lowest BCUT2D eigenvalue weighted by atomic mass is 10.0. The number of hydrogen-bond donors (Lipinski definition) is 0. The third-order valence-corrected chi connectivity index (χ3v) is 4.22. The number of benzene rings is 1. The first-order valence-electron chi connectivity index (χ1n) is 8.28. The molecule has 0 radical (unpaired) electrons. The van der Waals surface area contributed by atoms with Gasteiger partial charge >= 0.3 is 0 Å². The molecule has 4 heteroatoms. The topological polar surface area (TPSA) is 24.3 Å². The van der Waals surface area contributed by atoms with Crippen molar-refractivity contribution in [1.82, 2.24) is 14.5 Å². The minimum absolute atomic E-state index is 0.249. The number of aromatic nitrogens is 2. The summed E-state index contributed by atoms with van der Waals surface area (Å²) in [7, 11) is 0. The molecule has 3 heterocycles. The molecule has 4 nitrogen and oxygen atoms in total. The second-order valence-corrected chi connectivity index (χ2v) is 5.36. The van der Waals surface area contributed by atoms with E-state index in [1.165, 1.54) is 10.5 Å². The van der Waals surface area contributed by atoms with Crippen molar-refractivity contribution >= 4 is 5.69 Å². The van der Waals surface area contributed by atoms with Crippen LogP contribution in [0.1, 0.15) is 28.0 Å². The maximum absolute atomic E-state index is 7.67. The number of aryl methyl sites for hydroxylation is 1. The second-order valence-electron chi connectivity index (χ2n) is 5.36. The molecule has 2 aromatic rings. The van der Waals surface area contributed by atoms with Gasteiger partial charge in [0.25, 0.3) is 0 Å². The highest BCUT2D eigenvalue weighted by Gasteiger charge is 2.29. The Morgan fingerprint density at radius 3 is 3.05 bits per heavy atom. The van der Waals surface area contributed by atoms with Gasteiger partial charge in [0.05, 0.1) is 11.4 Å². The standard InChI is InChI=1S/C16H18N4/c1-11-4-5-14-13(10-15-17-6-7-20(14)15)16(11)19-9-8-18(3)12(19)2/h4-9,12H,10H2,1-3H3/t12-/m0/s1/i3D3. The Balaban J connectivity index is 1.79. The van der Waals surface area contributed by atoms with E-state index >= 15 is 0 Å². The molecule has 0 spiro atoms. The molecule has 102 valence electrons. The summed E-state index contributed by atoms with van der Waals surface area (Å²) >= 11 is 0. The molecule has 0 N–H and O–H groups in total. The molecule has 4 rings (SSSR count). The highest BCUT2D eigenvalue weighted by molar-refractivity contribution is 5.71. The number of fused-ring (bicyclic) bond motifs is 3. The van der Waals surface area contributed by atoms with Crippen LogP contribution in [-0.2, 0) is 6.42 Å². The lowest BCUT2D eigenvalue weighted by molar-refractivity contribution is 0.382. The minimum atomic E-state index is -2.14. The van der Waals surface area contributed by atoms with Gasteiger partial charge in [-0.3, -0.25) is 0 Å². The normalized spacial score (nSPS) is 22.5. The van der Waals surface area contributed by atoms with E-state index in [-0.39, 0.29) is 6.17 Å². The summed E-state index contributed by atoms with van der Waals surface area (Å²) in [6, 6.07) is 4.19. The summed E-state index contributed by atoms with van der Waals surface area (Å²) in [4.78, 5) is 7.87. The van der Waals surface area contributed by atoms with Gasteiger partial charge in [-0.15, -0.1) is 0 Å². The van der Waals surface area contributed by atoms with Crippen molar-refractivity contribution < 1.29 is 4.11 Å². The van der Waals surface area contributed by atoms with Crippen LogP contribution in [0.15, 0.2) is 36.9 Å². The van der Waals surface area contributed by atoms with Crippen molar-refractivity contribution in [3.8, 4) is 5.69 Å². The van der Waals surface area contributed by atoms with E-state index in [1.807, 2.05) is 30.4 Å². The predicted molar refractivity (Wildman–Crippen MR) is 80.0 cm³/mol. The Morgan fingerprint density at radius 1 is 1.35 bits per heavy atom. The van der Waals surface area contributed by atoms with Crippen molar-refractivity contribution in [2.24, 2.45) is 0 Å². The fourth-order valence-corrected chi connectivity index (χ4v) is 3.13. The molecule has 0 amide bonds. The summed E-state index contributed by atoms with van der Waals surface area (Å²) in [5.41, 5.74) is 4.56. The minimum Gasteiger partial charge on any atom is -0.359 e. The SMILES string of the molecule is [2H]C([2H])([2H])N1C=CN(c2c(C)ccc3c2Cc2nccn2-3)[C@H]1C. The predicted octanol–water partition coefficient (Wildman–Crippen LogP) is 2.65. The van der Waals surface area contributed by atoms with Crippen LogP contribution in [0.5, 0.6) is 0 Å². The van der Waals surface area contributed by atoms with Crippen molar-refractivity contribution in [3.05, 3.63) is 53.9 Å². The highest BCUT2D eigenvalue weighted by atomic mass is 15.4. The molecule has 0 aliphatic carbocycles. The van der Waals surface area contributed by atoms with E-state index in [2.05, 4.69) is 28.6 Å². The Kier molecular flexibility index (Phi) is 1.72. The van der Waals surface area contributed by atoms with Gasteiger partial charge in [0.2, 0.25) is 0 Å². The van der Waals surface area contributed by atoms with E-state index in [4.69, 9.17) is 4.11 Å². The summed E-state index contributed by atoms with van der Waals surface area (Å²) < 4.78 is 25.1. The average Bonchev–Trinajstić information content (AvgIpc) is 3.12. The Hall–Kier alpha value is -2.23. The van der Waals surface area contributed by atoms with Gasteiger partial charge in [-0.2, -0.15) is 0 Å². The van der Waals surface area contributed by atoms with Crippen LogP contribution in [0, 0.1) is 6.92 Å². The molecule has 20 heavy (non-hydrogen) atoms. The molecule has 0 saturated carbocycles. The number of anilines is 1. The molecule has 1 aromatic heterocycles. The monoisotopic (exact) mass is 269 g/mol. The zero-order valence-electron chi connectivity index (χ0n) is 14.5. The van der Waals surface area contributed by atoms with Crippen molar-refractivity contribution in [2.75, 3.05) is 11.9 Å². The first-order valence-corrected chi connectivity index (χ1v) is 6.78. The van der Waals surface area contributed by atoms with Crippen LogP contribution >= 0.6 is 0 Å². The fourth-order valence-electron chi connectivity index (χ4n) is 3.13. The van der Waals surface area contributed by atoms with E-state index in [1.54, 1.807) is 6.20 Å². The van der Waals surface area contributed by atoms with E-state index in [0.717, 1.165) is 29.2 Å². The van der Waals surface area contributed by atoms with Crippen LogP contribution in [0.2, 0.25) is 0 Å². The third kappa shape index (κ3) is 1.39. The van der Waals surface area contributed by atoms with Crippen LogP contribution in [0.25, 0.3) is 5.69 Å². The van der Waals surface area contributed by atoms with E-state index in [9.17, 15) is 0 Å². The van der Waals surface area contributed by atoms with Gasteiger partial charge in [-0.1, -0.05) is 6.07 Å². The Labute approximate surface area is 123 Å². The molecule has 2 aliphatic heterocycles. The average molecular weight is 269 g/mol. The molecular weight excluding hydrogens is 248 g/mol. The summed E-state index contributed by atoms with van der Waals surface area (Å²) in [6.07, 6.45) is 7.82. The lowest BCUT2D eigenvalue weighted by Gasteiger charge is -2.30. The van der Waals surface area contributed by atoms with Gasteiger partial charge in [0, 0.05) is 47.9 Å². The number of nitrogens with zero attached hydrogens (tertiary/aromatic N) is 4. The summed E-state index contributed by atoms with van der Waals surface area (Å²) in [6.45, 7) is 1.84. The maximum atomic E-state index is 7.67. The van der Waals surface area contributed by atoms with Gasteiger partial charge in [0.1, 0.15) is 12.0 Å². The quantitative estimate of drug-likeness (QED) is 0.679. The Morgan fingerprint density at radius 2 is 2.25 bits per heavy atom. The smallest absolute Gasteiger partial charge is 0.117 e. The molecule has 0 fully saturated rings. The zero-order chi connectivity index (χ0) is 16.4. The molecular formula is C16H18N4. The molecule has 1 atom stereocenters. The third-order valence-electron chi connectivity index (χ3n) is 4.22. The van der Waals surface area contributed by atoms with Crippen molar-refractivity contribution in [3.63, 3.8) is 0 Å². The first kappa shape index (κ1) is 8.84. The molecule has 2 aliphatic rings. The van der Waals surface area contributed by atoms with Crippen LogP contribution in [0.3, 0.4) is 0 Å². The van der Waals surface area contributed by atoms with Crippen molar-refractivity contribution in [2.45, 2.75) is 26.4 Å². The number of hydrogen-bond acceptors (Lipinski definition) is 3. The van der Waals surface area contributed by atoms with Gasteiger partial charge < -0.3 is 14.4 Å². The van der Waals surface area contributed by atoms with Crippen molar-refractivity contribution in [1.29, 1.82) is 0 Å². The number of imidazole rings is 1. The lowest BCUT2D eigenvalue weighted by Crippen LogP contribution is -2.34. The largest absolute Gasteiger partial charge is 0.359 e. The van der Waals surface area contributed by atoms with E-state index in [0.29, 0.717) is 0 Å². The van der Waals surface area contributed by atoms with Crippen LogP contribution in [-0.4, -0.2) is 27.6 Å². The van der Waals surface area contributed by atoms with Crippen LogP contribution in [0.4, 0.5) is 5.69 Å². The zero-order valence-corrected chi connectivity index (χ0v) is 11.5. The van der Waals surface area contributed by atoms with Gasteiger partial charge in [-0.05, 0) is 25.5 Å². The first-order chi connectivity index (χ1) is 10.9. The van der Waals surface area contributed by atoms with Gasteiger partial charge in [0.15, 0.2) is 0 Å². The molecule has 0 bridgehead atoms. The number of rotatable bonds is 1. The summed E-state index contributed by atoms with van der Waals surface area (Å²) in [5, 5.41) is 0. The fraction of sp³-hybridized carbons (Fsp3) is 0.312. The highest BCUT2D eigenvalue weighted by Crippen LogP contribution is 2.38. The Bertz CT molecular complexity index is 806. The molecule has 0 saturated heterocycles. The van der Waals surface area contributed by atoms with Crippen LogP contribution < -0.4 is 4.90 Å². The van der Waals surface area contributed by atoms with Gasteiger partial charge in [-0.25, -0.2) is 4.98 Å².